The van der Waals surface area contributed by atoms with Gasteiger partial charge < -0.3 is 5.11 Å². The summed E-state index contributed by atoms with van der Waals surface area (Å²) < 4.78 is 41.3. The minimum atomic E-state index is -1.33. The largest absolute Gasteiger partial charge is 0.477 e. The zero-order valence-electron chi connectivity index (χ0n) is 10.2. The molecule has 0 radical (unpaired) electrons. The van der Waals surface area contributed by atoms with Crippen LogP contribution < -0.4 is 0 Å². The van der Waals surface area contributed by atoms with Crippen molar-refractivity contribution in [3.05, 3.63) is 52.9 Å². The molecule has 0 aliphatic heterocycles. The van der Waals surface area contributed by atoms with E-state index in [0.29, 0.717) is 4.70 Å². The Hall–Kier alpha value is -2.41. The van der Waals surface area contributed by atoms with Crippen molar-refractivity contribution in [1.82, 2.24) is 4.98 Å². The Bertz CT molecular complexity index is 856. The summed E-state index contributed by atoms with van der Waals surface area (Å²) >= 11 is 0.765. The maximum atomic E-state index is 13.9. The molecular weight excluding hydrogens is 303 g/mol. The van der Waals surface area contributed by atoms with E-state index in [9.17, 15) is 23.1 Å². The highest BCUT2D eigenvalue weighted by Crippen LogP contribution is 2.40. The Balaban J connectivity index is 2.45. The molecule has 0 unspecified atom stereocenters. The van der Waals surface area contributed by atoms with E-state index in [1.165, 1.54) is 6.07 Å². The normalized spacial score (nSPS) is 11.0. The fourth-order valence-corrected chi connectivity index (χ4v) is 3.19. The Morgan fingerprint density at radius 3 is 2.38 bits per heavy atom. The predicted octanol–water partition coefficient (Wildman–Crippen LogP) is 4.08. The molecule has 3 aromatic rings. The van der Waals surface area contributed by atoms with Crippen LogP contribution >= 0.6 is 11.3 Å². The van der Waals surface area contributed by atoms with Gasteiger partial charge in [0.15, 0.2) is 11.6 Å². The van der Waals surface area contributed by atoms with Crippen LogP contribution in [0.15, 0.2) is 30.6 Å². The Labute approximate surface area is 120 Å². The van der Waals surface area contributed by atoms with E-state index in [4.69, 9.17) is 0 Å². The third kappa shape index (κ3) is 2.15. The molecule has 0 spiro atoms. The number of thiophene rings is 1. The molecule has 1 N–H and O–H groups in total. The first-order valence-electron chi connectivity index (χ1n) is 5.73. The highest BCUT2D eigenvalue weighted by molar-refractivity contribution is 7.21. The van der Waals surface area contributed by atoms with Gasteiger partial charge in [-0.15, -0.1) is 11.3 Å². The van der Waals surface area contributed by atoms with Crippen LogP contribution in [0.4, 0.5) is 13.2 Å². The lowest BCUT2D eigenvalue weighted by Crippen LogP contribution is -1.98. The van der Waals surface area contributed by atoms with Crippen molar-refractivity contribution in [2.45, 2.75) is 0 Å². The first kappa shape index (κ1) is 13.6. The number of halogens is 3. The molecule has 7 heteroatoms. The van der Waals surface area contributed by atoms with Gasteiger partial charge in [-0.2, -0.15) is 0 Å². The van der Waals surface area contributed by atoms with Gasteiger partial charge in [-0.1, -0.05) is 0 Å². The van der Waals surface area contributed by atoms with Crippen molar-refractivity contribution in [3.8, 4) is 11.1 Å². The van der Waals surface area contributed by atoms with Crippen molar-refractivity contribution in [1.29, 1.82) is 0 Å². The van der Waals surface area contributed by atoms with Gasteiger partial charge >= 0.3 is 5.97 Å². The van der Waals surface area contributed by atoms with E-state index in [1.54, 1.807) is 0 Å². The SMILES string of the molecule is O=C(O)c1sc2cc(F)ccc2c1-c1c(F)cncc1F. The average molecular weight is 309 g/mol. The molecule has 106 valence electrons. The van der Waals surface area contributed by atoms with Crippen molar-refractivity contribution in [3.63, 3.8) is 0 Å². The number of benzene rings is 1. The minimum absolute atomic E-state index is 0.0973. The molecule has 0 aliphatic rings. The summed E-state index contributed by atoms with van der Waals surface area (Å²) in [6.07, 6.45) is 1.61. The van der Waals surface area contributed by atoms with Gasteiger partial charge in [-0.3, -0.25) is 4.98 Å². The van der Waals surface area contributed by atoms with Crippen LogP contribution in [-0.2, 0) is 0 Å². The summed E-state index contributed by atoms with van der Waals surface area (Å²) in [5.41, 5.74) is -0.569. The van der Waals surface area contributed by atoms with Gasteiger partial charge in [-0.05, 0) is 18.2 Å². The molecule has 0 saturated heterocycles. The molecule has 0 aliphatic carbocycles. The van der Waals surface area contributed by atoms with Crippen LogP contribution in [0.2, 0.25) is 0 Å². The van der Waals surface area contributed by atoms with E-state index in [2.05, 4.69) is 4.98 Å². The van der Waals surface area contributed by atoms with Crippen LogP contribution in [0, 0.1) is 17.5 Å². The van der Waals surface area contributed by atoms with Crippen LogP contribution in [0.3, 0.4) is 0 Å². The van der Waals surface area contributed by atoms with Crippen molar-refractivity contribution >= 4 is 27.4 Å². The monoisotopic (exact) mass is 309 g/mol. The summed E-state index contributed by atoms with van der Waals surface area (Å²) in [7, 11) is 0. The molecule has 3 rings (SSSR count). The molecule has 0 saturated carbocycles. The summed E-state index contributed by atoms with van der Waals surface area (Å²) in [5, 5.41) is 9.52. The summed E-state index contributed by atoms with van der Waals surface area (Å²) in [6, 6.07) is 3.55. The van der Waals surface area contributed by atoms with Crippen LogP contribution in [0.25, 0.3) is 21.2 Å². The summed E-state index contributed by atoms with van der Waals surface area (Å²) in [4.78, 5) is 14.4. The molecule has 21 heavy (non-hydrogen) atoms. The van der Waals surface area contributed by atoms with Crippen molar-refractivity contribution in [2.24, 2.45) is 0 Å². The second kappa shape index (κ2) is 4.85. The van der Waals surface area contributed by atoms with E-state index in [0.717, 1.165) is 35.9 Å². The van der Waals surface area contributed by atoms with E-state index in [-0.39, 0.29) is 15.8 Å². The fourth-order valence-electron chi connectivity index (χ4n) is 2.12. The lowest BCUT2D eigenvalue weighted by atomic mass is 10.0. The maximum absolute atomic E-state index is 13.9. The number of hydrogen-bond acceptors (Lipinski definition) is 3. The Morgan fingerprint density at radius 1 is 1.10 bits per heavy atom. The number of hydrogen-bond donors (Lipinski definition) is 1. The lowest BCUT2D eigenvalue weighted by molar-refractivity contribution is 0.0703. The zero-order chi connectivity index (χ0) is 15.1. The van der Waals surface area contributed by atoms with Crippen molar-refractivity contribution < 1.29 is 23.1 Å². The molecule has 0 fully saturated rings. The fraction of sp³-hybridized carbons (Fsp3) is 0. The summed E-state index contributed by atoms with van der Waals surface area (Å²) in [5.74, 6) is -3.83. The molecule has 2 heterocycles. The van der Waals surface area contributed by atoms with Crippen LogP contribution in [0.1, 0.15) is 9.67 Å². The minimum Gasteiger partial charge on any atom is -0.477 e. The second-order valence-corrected chi connectivity index (χ2v) is 5.28. The third-order valence-corrected chi connectivity index (χ3v) is 4.09. The Morgan fingerprint density at radius 2 is 1.76 bits per heavy atom. The third-order valence-electron chi connectivity index (χ3n) is 2.95. The van der Waals surface area contributed by atoms with E-state index >= 15 is 0 Å². The predicted molar refractivity (Wildman–Crippen MR) is 71.9 cm³/mol. The maximum Gasteiger partial charge on any atom is 0.346 e. The van der Waals surface area contributed by atoms with E-state index < -0.39 is 29.0 Å². The number of rotatable bonds is 2. The van der Waals surface area contributed by atoms with Gasteiger partial charge in [0.2, 0.25) is 0 Å². The lowest BCUT2D eigenvalue weighted by Gasteiger charge is -2.05. The quantitative estimate of drug-likeness (QED) is 0.776. The molecule has 2 aromatic heterocycles. The number of carboxylic acids is 1. The van der Waals surface area contributed by atoms with Crippen LogP contribution in [0.5, 0.6) is 0 Å². The van der Waals surface area contributed by atoms with Gasteiger partial charge in [-0.25, -0.2) is 18.0 Å². The Kier molecular flexibility index (Phi) is 3.13. The number of carboxylic acid groups (broad SMARTS) is 1. The first-order chi connectivity index (χ1) is 9.99. The number of pyridine rings is 1. The average Bonchev–Trinajstić information content (AvgIpc) is 2.77. The van der Waals surface area contributed by atoms with Gasteiger partial charge in [0.1, 0.15) is 10.7 Å². The molecule has 3 nitrogen and oxygen atoms in total. The van der Waals surface area contributed by atoms with Crippen molar-refractivity contribution in [2.75, 3.05) is 0 Å². The first-order valence-corrected chi connectivity index (χ1v) is 6.55. The van der Waals surface area contributed by atoms with Crippen LogP contribution in [-0.4, -0.2) is 16.1 Å². The number of fused-ring (bicyclic) bond motifs is 1. The molecule has 0 amide bonds. The van der Waals surface area contributed by atoms with Gasteiger partial charge in [0.25, 0.3) is 0 Å². The number of aromatic nitrogens is 1. The van der Waals surface area contributed by atoms with Gasteiger partial charge in [0.05, 0.1) is 18.0 Å². The second-order valence-electron chi connectivity index (χ2n) is 4.23. The zero-order valence-corrected chi connectivity index (χ0v) is 11.0. The smallest absolute Gasteiger partial charge is 0.346 e. The summed E-state index contributed by atoms with van der Waals surface area (Å²) in [6.45, 7) is 0. The highest BCUT2D eigenvalue weighted by atomic mass is 32.1. The standard InChI is InChI=1S/C14H6F3NO2S/c15-6-1-2-7-10(3-6)21-13(14(19)20)11(7)12-8(16)4-18-5-9(12)17/h1-5H,(H,19,20). The molecular formula is C14H6F3NO2S. The molecule has 0 atom stereocenters. The highest BCUT2D eigenvalue weighted by Gasteiger charge is 2.24. The number of aromatic carboxylic acids is 1. The van der Waals surface area contributed by atoms with E-state index in [1.807, 2.05) is 0 Å². The topological polar surface area (TPSA) is 50.2 Å². The van der Waals surface area contributed by atoms with Gasteiger partial charge in [0, 0.05) is 15.6 Å². The number of nitrogens with zero attached hydrogens (tertiary/aromatic N) is 1. The molecule has 0 bridgehead atoms. The number of carbonyl (C=O) groups is 1. The molecule has 1 aromatic carbocycles.